The van der Waals surface area contributed by atoms with Gasteiger partial charge in [0.1, 0.15) is 0 Å². The Balaban J connectivity index is 0.971. The number of benzene rings is 12. The first-order chi connectivity index (χ1) is 37.2. The van der Waals surface area contributed by atoms with Gasteiger partial charge in [-0.1, -0.05) is 164 Å². The summed E-state index contributed by atoms with van der Waals surface area (Å²) in [4.78, 5) is 7.35. The standard InChI is InChI=1S/C70H45N3S2/c1-4-16-46(17-5-1)47-30-33-53(34-31-47)73-64-27-15-19-48-18-14-26-62(70(48)64)58-37-32-49(42-65(58)73)50-40-56(71(51-20-6-2-7-21-51)54-36-39-68-63(44-54)60-25-11-13-29-67(60)74-68)43-57(41-50)72(52-22-8-3-9-23-52)55-35-38-61-59-24-10-12-28-66(59)75-69(61)45-55/h1-45H. The van der Waals surface area contributed by atoms with Crippen molar-refractivity contribution in [2.45, 2.75) is 0 Å². The number of para-hydroxylation sites is 2. The largest absolute Gasteiger partial charge is 0.310 e. The molecule has 3 nitrogen and oxygen atoms in total. The fourth-order valence-corrected chi connectivity index (χ4v) is 13.7. The number of thiophene rings is 2. The van der Waals surface area contributed by atoms with Gasteiger partial charge in [-0.2, -0.15) is 0 Å². The molecule has 0 unspecified atom stereocenters. The van der Waals surface area contributed by atoms with E-state index in [0.29, 0.717) is 0 Å². The minimum Gasteiger partial charge on any atom is -0.310 e. The van der Waals surface area contributed by atoms with Crippen LogP contribution in [0.15, 0.2) is 273 Å². The zero-order valence-electron chi connectivity index (χ0n) is 40.6. The fraction of sp³-hybridized carbons (Fsp3) is 0. The molecule has 15 rings (SSSR count). The molecule has 0 atom stereocenters. The maximum absolute atomic E-state index is 2.47. The molecule has 12 aromatic carbocycles. The van der Waals surface area contributed by atoms with E-state index in [1.807, 2.05) is 22.7 Å². The molecule has 0 amide bonds. The van der Waals surface area contributed by atoms with Gasteiger partial charge in [0.2, 0.25) is 0 Å². The minimum atomic E-state index is 1.05. The quantitative estimate of drug-likeness (QED) is 0.143. The molecule has 0 aliphatic carbocycles. The van der Waals surface area contributed by atoms with Gasteiger partial charge in [-0.3, -0.25) is 0 Å². The van der Waals surface area contributed by atoms with Crippen molar-refractivity contribution in [3.8, 4) is 33.4 Å². The summed E-state index contributed by atoms with van der Waals surface area (Å²) in [5.41, 5.74) is 17.0. The van der Waals surface area contributed by atoms with E-state index < -0.39 is 0 Å². The van der Waals surface area contributed by atoms with Gasteiger partial charge in [-0.15, -0.1) is 22.7 Å². The average Bonchev–Trinajstić information content (AvgIpc) is 4.07. The third-order valence-electron chi connectivity index (χ3n) is 14.9. The summed E-state index contributed by atoms with van der Waals surface area (Å²) in [5, 5.41) is 7.60. The molecule has 5 heteroatoms. The van der Waals surface area contributed by atoms with Crippen LogP contribution in [0.3, 0.4) is 0 Å². The zero-order valence-corrected chi connectivity index (χ0v) is 42.3. The van der Waals surface area contributed by atoms with E-state index in [2.05, 4.69) is 288 Å². The Morgan fingerprint density at radius 1 is 0.267 bits per heavy atom. The summed E-state index contributed by atoms with van der Waals surface area (Å²) in [6.07, 6.45) is 0. The van der Waals surface area contributed by atoms with Crippen molar-refractivity contribution >= 4 is 125 Å². The molecule has 0 radical (unpaired) electrons. The first-order valence-corrected chi connectivity index (χ1v) is 27.1. The lowest BCUT2D eigenvalue weighted by atomic mass is 9.89. The Bertz CT molecular complexity index is 4480. The molecule has 1 aliphatic rings. The van der Waals surface area contributed by atoms with Gasteiger partial charge in [0.05, 0.1) is 11.4 Å². The number of hydrogen-bond donors (Lipinski definition) is 0. The molecular formula is C70H45N3S2. The van der Waals surface area contributed by atoms with Crippen molar-refractivity contribution in [2.24, 2.45) is 0 Å². The van der Waals surface area contributed by atoms with Crippen molar-refractivity contribution < 1.29 is 0 Å². The third-order valence-corrected chi connectivity index (χ3v) is 17.2. The van der Waals surface area contributed by atoms with Crippen LogP contribution in [0, 0.1) is 0 Å². The second kappa shape index (κ2) is 17.7. The molecule has 0 saturated heterocycles. The van der Waals surface area contributed by atoms with Crippen molar-refractivity contribution in [3.05, 3.63) is 273 Å². The van der Waals surface area contributed by atoms with Crippen LogP contribution in [0.25, 0.3) is 84.5 Å². The highest BCUT2D eigenvalue weighted by Gasteiger charge is 2.28. The fourth-order valence-electron chi connectivity index (χ4n) is 11.5. The molecule has 1 aliphatic heterocycles. The Morgan fingerprint density at radius 2 is 0.813 bits per heavy atom. The number of nitrogens with zero attached hydrogens (tertiary/aromatic N) is 3. The summed E-state index contributed by atoms with van der Waals surface area (Å²) < 4.78 is 5.12. The van der Waals surface area contributed by atoms with Gasteiger partial charge < -0.3 is 14.7 Å². The third kappa shape index (κ3) is 7.39. The van der Waals surface area contributed by atoms with Crippen molar-refractivity contribution in [1.29, 1.82) is 0 Å². The minimum absolute atomic E-state index is 1.05. The lowest BCUT2D eigenvalue weighted by Gasteiger charge is -2.34. The first-order valence-electron chi connectivity index (χ1n) is 25.5. The van der Waals surface area contributed by atoms with E-state index in [4.69, 9.17) is 0 Å². The lowest BCUT2D eigenvalue weighted by molar-refractivity contribution is 1.25. The monoisotopic (exact) mass is 991 g/mol. The maximum Gasteiger partial charge on any atom is 0.0546 e. The van der Waals surface area contributed by atoms with Crippen LogP contribution >= 0.6 is 22.7 Å². The molecule has 14 aromatic rings. The summed E-state index contributed by atoms with van der Waals surface area (Å²) >= 11 is 3.71. The van der Waals surface area contributed by atoms with Crippen LogP contribution in [0.4, 0.5) is 51.2 Å². The molecule has 352 valence electrons. The van der Waals surface area contributed by atoms with Crippen molar-refractivity contribution in [3.63, 3.8) is 0 Å². The smallest absolute Gasteiger partial charge is 0.0546 e. The molecule has 0 N–H and O–H groups in total. The van der Waals surface area contributed by atoms with Crippen LogP contribution in [-0.4, -0.2) is 0 Å². The predicted molar refractivity (Wildman–Crippen MR) is 324 cm³/mol. The van der Waals surface area contributed by atoms with E-state index in [-0.39, 0.29) is 0 Å². The van der Waals surface area contributed by atoms with Gasteiger partial charge in [0.25, 0.3) is 0 Å². The summed E-state index contributed by atoms with van der Waals surface area (Å²) in [6, 6.07) is 101. The van der Waals surface area contributed by atoms with Crippen molar-refractivity contribution in [2.75, 3.05) is 14.7 Å². The van der Waals surface area contributed by atoms with Crippen LogP contribution in [0.2, 0.25) is 0 Å². The van der Waals surface area contributed by atoms with E-state index >= 15 is 0 Å². The molecule has 75 heavy (non-hydrogen) atoms. The highest BCUT2D eigenvalue weighted by Crippen LogP contribution is 2.53. The van der Waals surface area contributed by atoms with E-state index in [9.17, 15) is 0 Å². The molecule has 0 saturated carbocycles. The van der Waals surface area contributed by atoms with E-state index in [1.165, 1.54) is 79.1 Å². The molecule has 0 fully saturated rings. The number of anilines is 9. The Kier molecular flexibility index (Phi) is 10.3. The molecule has 3 heterocycles. The first kappa shape index (κ1) is 43.3. The van der Waals surface area contributed by atoms with Gasteiger partial charge in [-0.25, -0.2) is 0 Å². The Hall–Kier alpha value is -9.26. The van der Waals surface area contributed by atoms with Gasteiger partial charge in [0.15, 0.2) is 0 Å². The van der Waals surface area contributed by atoms with Gasteiger partial charge in [-0.05, 0) is 142 Å². The van der Waals surface area contributed by atoms with E-state index in [0.717, 1.165) is 56.6 Å². The lowest BCUT2D eigenvalue weighted by Crippen LogP contribution is -2.15. The van der Waals surface area contributed by atoms with Crippen LogP contribution in [-0.2, 0) is 0 Å². The Labute approximate surface area is 443 Å². The highest BCUT2D eigenvalue weighted by molar-refractivity contribution is 7.26. The molecule has 0 spiro atoms. The van der Waals surface area contributed by atoms with Crippen LogP contribution < -0.4 is 14.7 Å². The topological polar surface area (TPSA) is 9.72 Å². The number of fused-ring (bicyclic) bond motifs is 8. The normalized spacial score (nSPS) is 12.0. The number of hydrogen-bond acceptors (Lipinski definition) is 5. The summed E-state index contributed by atoms with van der Waals surface area (Å²) in [7, 11) is 0. The van der Waals surface area contributed by atoms with Crippen LogP contribution in [0.5, 0.6) is 0 Å². The highest BCUT2D eigenvalue weighted by atomic mass is 32.1. The second-order valence-corrected chi connectivity index (χ2v) is 21.5. The second-order valence-electron chi connectivity index (χ2n) is 19.3. The van der Waals surface area contributed by atoms with E-state index in [1.54, 1.807) is 0 Å². The van der Waals surface area contributed by atoms with Crippen molar-refractivity contribution in [1.82, 2.24) is 0 Å². The molecule has 0 bridgehead atoms. The average molecular weight is 992 g/mol. The molecular weight excluding hydrogens is 947 g/mol. The predicted octanol–water partition coefficient (Wildman–Crippen LogP) is 21.3. The van der Waals surface area contributed by atoms with Crippen LogP contribution in [0.1, 0.15) is 0 Å². The molecule has 2 aromatic heterocycles. The zero-order chi connectivity index (χ0) is 49.4. The Morgan fingerprint density at radius 3 is 1.52 bits per heavy atom. The SMILES string of the molecule is c1ccc(-c2ccc(N3c4cc(-c5cc(N(c6ccccc6)c6ccc7c(c6)sc6ccccc67)cc(N(c6ccccc6)c6ccc7sc8ccccc8c7c6)c5)ccc4-c4cccc5cccc3c45)cc2)cc1. The van der Waals surface area contributed by atoms with Gasteiger partial charge >= 0.3 is 0 Å². The summed E-state index contributed by atoms with van der Waals surface area (Å²) in [6.45, 7) is 0. The summed E-state index contributed by atoms with van der Waals surface area (Å²) in [5.74, 6) is 0. The maximum atomic E-state index is 2.47. The number of rotatable bonds is 9. The van der Waals surface area contributed by atoms with Gasteiger partial charge in [0, 0.05) is 91.1 Å².